The van der Waals surface area contributed by atoms with E-state index >= 15 is 0 Å². The van der Waals surface area contributed by atoms with Gasteiger partial charge in [-0.2, -0.15) is 0 Å². The molecular formula is C51H59N3O13. The summed E-state index contributed by atoms with van der Waals surface area (Å²) in [6, 6.07) is 13.6. The van der Waals surface area contributed by atoms with E-state index in [-0.39, 0.29) is 72.3 Å². The maximum Gasteiger partial charge on any atom is 0.407 e. The number of methoxy groups -OCH3 is 1. The van der Waals surface area contributed by atoms with Crippen molar-refractivity contribution in [2.75, 3.05) is 33.4 Å². The van der Waals surface area contributed by atoms with E-state index in [1.165, 1.54) is 46.3 Å². The number of aliphatic hydroxyl groups is 2. The predicted molar refractivity (Wildman–Crippen MR) is 246 cm³/mol. The number of phenols is 1. The van der Waals surface area contributed by atoms with Gasteiger partial charge in [-0.1, -0.05) is 88.4 Å². The Labute approximate surface area is 389 Å². The summed E-state index contributed by atoms with van der Waals surface area (Å²) < 4.78 is 29.7. The van der Waals surface area contributed by atoms with Gasteiger partial charge < -0.3 is 54.5 Å². The van der Waals surface area contributed by atoms with Crippen molar-refractivity contribution >= 4 is 40.1 Å². The maximum absolute atomic E-state index is 14.8. The Morgan fingerprint density at radius 3 is 2.31 bits per heavy atom. The fraction of sp³-hybridized carbons (Fsp3) is 0.431. The van der Waals surface area contributed by atoms with Crippen LogP contribution in [0.2, 0.25) is 0 Å². The van der Waals surface area contributed by atoms with Crippen LogP contribution in [0.25, 0.3) is 10.8 Å². The summed E-state index contributed by atoms with van der Waals surface area (Å²) in [7, 11) is 1.43. The van der Waals surface area contributed by atoms with Crippen LogP contribution in [-0.2, 0) is 30.3 Å². The molecule has 3 aromatic rings. The largest absolute Gasteiger partial charge is 0.507 e. The van der Waals surface area contributed by atoms with Crippen molar-refractivity contribution in [3.05, 3.63) is 118 Å². The number of aromatic hydroxyl groups is 1. The lowest BCUT2D eigenvalue weighted by Gasteiger charge is -2.38. The van der Waals surface area contributed by atoms with Crippen molar-refractivity contribution in [2.24, 2.45) is 23.7 Å². The number of rotatable bonds is 5. The second kappa shape index (κ2) is 19.9. The number of fused-ring (bicyclic) bond motifs is 15. The number of phenolic OH excluding ortho intramolecular Hbond substituents is 1. The van der Waals surface area contributed by atoms with Gasteiger partial charge in [-0.3, -0.25) is 19.2 Å². The molecular weight excluding hydrogens is 863 g/mol. The molecule has 5 aliphatic rings. The fourth-order valence-electron chi connectivity index (χ4n) is 9.35. The average Bonchev–Trinajstić information content (AvgIpc) is 3.59. The zero-order valence-electron chi connectivity index (χ0n) is 39.0. The van der Waals surface area contributed by atoms with Crippen molar-refractivity contribution in [3.63, 3.8) is 0 Å². The van der Waals surface area contributed by atoms with Gasteiger partial charge >= 0.3 is 11.9 Å². The highest BCUT2D eigenvalue weighted by molar-refractivity contribution is 6.32. The second-order valence-corrected chi connectivity index (χ2v) is 17.9. The number of hydrogen-bond acceptors (Lipinski definition) is 14. The molecule has 16 heteroatoms. The third kappa shape index (κ3) is 9.35. The normalized spacial score (nSPS) is 28.5. The number of carbonyl (C=O) groups excluding carboxylic acids is 5. The van der Waals surface area contributed by atoms with Gasteiger partial charge in [-0.25, -0.2) is 4.79 Å². The SMILES string of the molecule is CO[C@H]1C=CO[C@@]2(C)Oc3c(C)c(O)c4c(c3C2=O)C(=O)C(N2CCOCC2)=C(NC(=O)C(C)=CC=C[C@H](C)[C@H](O)[C@@H](C)[C@@H](O)[C@@H](C)[C@H](OC(=O)NCc2cccc3ccccc23)[C@@H]1C)C4=O. The first-order valence-electron chi connectivity index (χ1n) is 22.5. The minimum absolute atomic E-state index is 0.00743. The Balaban J connectivity index is 1.27. The van der Waals surface area contributed by atoms with Crippen LogP contribution in [0.4, 0.5) is 4.79 Å². The molecule has 5 N–H and O–H groups in total. The number of nitrogens with one attached hydrogen (secondary N) is 2. The molecule has 5 bridgehead atoms. The van der Waals surface area contributed by atoms with Gasteiger partial charge in [0.15, 0.2) is 0 Å². The number of morpholine rings is 1. The summed E-state index contributed by atoms with van der Waals surface area (Å²) in [4.78, 5) is 73.0. The molecule has 356 valence electrons. The number of ether oxygens (including phenoxy) is 5. The molecule has 9 atom stereocenters. The molecule has 8 rings (SSSR count). The molecule has 0 saturated carbocycles. The Hall–Kier alpha value is -6.33. The van der Waals surface area contributed by atoms with E-state index in [1.807, 2.05) is 42.5 Å². The molecule has 67 heavy (non-hydrogen) atoms. The van der Waals surface area contributed by atoms with Gasteiger partial charge in [-0.15, -0.1) is 0 Å². The second-order valence-electron chi connectivity index (χ2n) is 17.9. The highest BCUT2D eigenvalue weighted by atomic mass is 16.7. The number of nitrogens with zero attached hydrogens (tertiary/aromatic N) is 1. The average molecular weight is 922 g/mol. The smallest absolute Gasteiger partial charge is 0.407 e. The van der Waals surface area contributed by atoms with Crippen LogP contribution < -0.4 is 15.4 Å². The van der Waals surface area contributed by atoms with Gasteiger partial charge in [0.05, 0.1) is 54.5 Å². The van der Waals surface area contributed by atoms with Gasteiger partial charge in [0.2, 0.25) is 11.6 Å². The summed E-state index contributed by atoms with van der Waals surface area (Å²) in [6.45, 7) is 12.1. The van der Waals surface area contributed by atoms with Crippen molar-refractivity contribution in [1.29, 1.82) is 0 Å². The summed E-state index contributed by atoms with van der Waals surface area (Å²) in [5, 5.41) is 42.5. The topological polar surface area (TPSA) is 219 Å². The highest BCUT2D eigenvalue weighted by Crippen LogP contribution is 2.49. The quantitative estimate of drug-likeness (QED) is 0.204. The van der Waals surface area contributed by atoms with Gasteiger partial charge in [0.1, 0.15) is 29.0 Å². The number of aliphatic hydroxyl groups excluding tert-OH is 2. The lowest BCUT2D eigenvalue weighted by molar-refractivity contribution is -0.116. The highest BCUT2D eigenvalue weighted by Gasteiger charge is 2.53. The van der Waals surface area contributed by atoms with Crippen molar-refractivity contribution in [2.45, 2.75) is 85.2 Å². The summed E-state index contributed by atoms with van der Waals surface area (Å²) >= 11 is 0. The van der Waals surface area contributed by atoms with E-state index in [1.54, 1.807) is 44.7 Å². The van der Waals surface area contributed by atoms with Crippen molar-refractivity contribution < 1.29 is 63.0 Å². The molecule has 0 aromatic heterocycles. The van der Waals surface area contributed by atoms with E-state index < -0.39 is 94.5 Å². The number of amides is 2. The molecule has 1 saturated heterocycles. The van der Waals surface area contributed by atoms with Crippen LogP contribution in [0.15, 0.2) is 90.0 Å². The van der Waals surface area contributed by atoms with Gasteiger partial charge in [0, 0.05) is 68.5 Å². The fourth-order valence-corrected chi connectivity index (χ4v) is 9.35. The molecule has 0 radical (unpaired) electrons. The van der Waals surface area contributed by atoms with Crippen molar-refractivity contribution in [1.82, 2.24) is 15.5 Å². The van der Waals surface area contributed by atoms with E-state index in [2.05, 4.69) is 10.6 Å². The lowest BCUT2D eigenvalue weighted by atomic mass is 9.78. The van der Waals surface area contributed by atoms with Crippen molar-refractivity contribution in [3.8, 4) is 11.5 Å². The molecule has 3 aromatic carbocycles. The molecule has 0 unspecified atom stereocenters. The molecule has 16 nitrogen and oxygen atoms in total. The molecule has 4 aliphatic heterocycles. The monoisotopic (exact) mass is 921 g/mol. The first kappa shape index (κ1) is 48.6. The van der Waals surface area contributed by atoms with Gasteiger partial charge in [-0.05, 0) is 36.3 Å². The van der Waals surface area contributed by atoms with Crippen LogP contribution in [0.3, 0.4) is 0 Å². The third-order valence-electron chi connectivity index (χ3n) is 13.5. The third-order valence-corrected chi connectivity index (χ3v) is 13.5. The van der Waals surface area contributed by atoms with E-state index in [0.29, 0.717) is 0 Å². The van der Waals surface area contributed by atoms with E-state index in [4.69, 9.17) is 23.7 Å². The maximum atomic E-state index is 14.8. The Morgan fingerprint density at radius 1 is 0.896 bits per heavy atom. The summed E-state index contributed by atoms with van der Waals surface area (Å²) in [6.07, 6.45) is 2.39. The van der Waals surface area contributed by atoms with Crippen LogP contribution in [-0.4, -0.2) is 113 Å². The van der Waals surface area contributed by atoms with E-state index in [9.17, 15) is 39.3 Å². The molecule has 2 amide bonds. The van der Waals surface area contributed by atoms with Crippen LogP contribution in [0.5, 0.6) is 11.5 Å². The molecule has 1 fully saturated rings. The van der Waals surface area contributed by atoms with Crippen LogP contribution in [0.1, 0.15) is 83.7 Å². The van der Waals surface area contributed by atoms with E-state index in [0.717, 1.165) is 16.3 Å². The zero-order chi connectivity index (χ0) is 48.5. The summed E-state index contributed by atoms with van der Waals surface area (Å²) in [5.74, 6) is -8.88. The Bertz CT molecular complexity index is 2590. The molecule has 4 heterocycles. The predicted octanol–water partition coefficient (Wildman–Crippen LogP) is 5.81. The first-order valence-corrected chi connectivity index (χ1v) is 22.5. The van der Waals surface area contributed by atoms with Gasteiger partial charge in [0.25, 0.3) is 11.7 Å². The number of hydrogen-bond donors (Lipinski definition) is 5. The number of benzene rings is 3. The number of Topliss-reactive ketones (excluding diaryl/α,β-unsaturated/α-hetero) is 3. The minimum Gasteiger partial charge on any atom is -0.507 e. The number of carbonyl (C=O) groups is 5. The standard InChI is InChI=1S/C51H59N3O13/c1-26-13-11-14-27(2)49(61)53-39-40(54-20-23-64-24-21-54)45(59)36-37(44(39)58)43(57)31(6)47-38(36)48(60)51(7,67-47)65-22-19-35(63-8)28(3)46(30(5)42(56)29(4)41(26)55)66-50(62)52-25-33-17-12-16-32-15-9-10-18-34(32)33/h9-19,22,26,28-30,35,41-42,46,55-57H,20-21,23-25H2,1-8H3,(H,52,62)(H,53,61)/t26-,28+,29+,30+,35-,41-,42+,46+,51-/m0/s1. The number of ketones is 3. The lowest BCUT2D eigenvalue weighted by Crippen LogP contribution is -2.47. The summed E-state index contributed by atoms with van der Waals surface area (Å²) in [5.41, 5.74) is -0.665. The first-order chi connectivity index (χ1) is 31.9. The van der Waals surface area contributed by atoms with Crippen LogP contribution in [0, 0.1) is 30.6 Å². The molecule has 0 spiro atoms. The molecule has 1 aliphatic carbocycles. The Morgan fingerprint density at radius 2 is 1.60 bits per heavy atom. The van der Waals surface area contributed by atoms with Crippen LogP contribution >= 0.6 is 0 Å². The number of allylic oxidation sites excluding steroid dienone is 4. The Kier molecular flexibility index (Phi) is 14.4. The minimum atomic E-state index is -2.11. The number of alkyl carbamates (subject to hydrolysis) is 1. The zero-order valence-corrected chi connectivity index (χ0v) is 39.0.